The van der Waals surface area contributed by atoms with Gasteiger partial charge in [0.05, 0.1) is 7.11 Å². The first kappa shape index (κ1) is 15.5. The third-order valence-electron chi connectivity index (χ3n) is 3.46. The lowest BCUT2D eigenvalue weighted by atomic mass is 10.0. The monoisotopic (exact) mass is 268 g/mol. The molecule has 0 bridgehead atoms. The number of carbonyl (C=O) groups is 2. The second kappa shape index (κ2) is 6.59. The van der Waals surface area contributed by atoms with E-state index in [1.165, 1.54) is 7.11 Å². The first-order chi connectivity index (χ1) is 8.88. The highest BCUT2D eigenvalue weighted by Crippen LogP contribution is 2.25. The van der Waals surface area contributed by atoms with E-state index in [9.17, 15) is 9.59 Å². The van der Waals surface area contributed by atoms with Crippen molar-refractivity contribution in [1.82, 2.24) is 10.2 Å². The van der Waals surface area contributed by atoms with E-state index >= 15 is 0 Å². The molecule has 108 valence electrons. The lowest BCUT2D eigenvalue weighted by molar-refractivity contribution is -0.129. The molecule has 0 aromatic rings. The van der Waals surface area contributed by atoms with Crippen molar-refractivity contribution >= 4 is 12.0 Å². The smallest absolute Gasteiger partial charge is 0.411 e. The molecule has 2 amide bonds. The maximum Gasteiger partial charge on any atom is 0.411 e. The van der Waals surface area contributed by atoms with Gasteiger partial charge >= 0.3 is 6.09 Å². The Labute approximate surface area is 115 Å². The number of carbonyl (C=O) groups excluding carboxylic acids is 2. The minimum Gasteiger partial charge on any atom is -0.453 e. The summed E-state index contributed by atoms with van der Waals surface area (Å²) in [6.45, 7) is 8.60. The fourth-order valence-corrected chi connectivity index (χ4v) is 2.43. The summed E-state index contributed by atoms with van der Waals surface area (Å²) in [6, 6.07) is 0.251. The van der Waals surface area contributed by atoms with E-state index in [1.54, 1.807) is 0 Å². The van der Waals surface area contributed by atoms with Crippen molar-refractivity contribution in [3.05, 3.63) is 11.3 Å². The SMILES string of the molecule is COC(=O)NC(C(=O)N1CCCC1C(C)C)=C(C)C. The number of amides is 2. The Morgan fingerprint density at radius 2 is 1.95 bits per heavy atom. The van der Waals surface area contributed by atoms with Crippen molar-refractivity contribution in [2.24, 2.45) is 5.92 Å². The first-order valence-electron chi connectivity index (χ1n) is 6.71. The Bertz CT molecular complexity index is 384. The van der Waals surface area contributed by atoms with Gasteiger partial charge in [0.25, 0.3) is 5.91 Å². The standard InChI is InChI=1S/C14H24N2O3/c1-9(2)11-7-6-8-16(11)13(17)12(10(3)4)15-14(18)19-5/h9,11H,6-8H2,1-5H3,(H,15,18). The molecule has 1 N–H and O–H groups in total. The minimum absolute atomic E-state index is 0.110. The van der Waals surface area contributed by atoms with Gasteiger partial charge in [0.2, 0.25) is 0 Å². The van der Waals surface area contributed by atoms with Crippen LogP contribution in [0.15, 0.2) is 11.3 Å². The van der Waals surface area contributed by atoms with Gasteiger partial charge in [-0.05, 0) is 38.2 Å². The molecule has 5 heteroatoms. The zero-order valence-corrected chi connectivity index (χ0v) is 12.4. The van der Waals surface area contributed by atoms with Gasteiger partial charge in [-0.1, -0.05) is 13.8 Å². The molecule has 1 rings (SSSR count). The van der Waals surface area contributed by atoms with E-state index in [4.69, 9.17) is 0 Å². The van der Waals surface area contributed by atoms with Crippen LogP contribution in [0.1, 0.15) is 40.5 Å². The number of likely N-dealkylation sites (tertiary alicyclic amines) is 1. The molecule has 0 aromatic heterocycles. The number of allylic oxidation sites excluding steroid dienone is 1. The molecule has 1 aliphatic rings. The second-order valence-corrected chi connectivity index (χ2v) is 5.44. The predicted molar refractivity (Wildman–Crippen MR) is 73.5 cm³/mol. The summed E-state index contributed by atoms with van der Waals surface area (Å²) in [5.74, 6) is 0.310. The van der Waals surface area contributed by atoms with Crippen LogP contribution in [0.4, 0.5) is 4.79 Å². The average Bonchev–Trinajstić information content (AvgIpc) is 2.83. The van der Waals surface area contributed by atoms with Gasteiger partial charge in [-0.15, -0.1) is 0 Å². The first-order valence-corrected chi connectivity index (χ1v) is 6.71. The molecule has 1 heterocycles. The summed E-state index contributed by atoms with van der Waals surface area (Å²) in [4.78, 5) is 25.7. The van der Waals surface area contributed by atoms with Gasteiger partial charge < -0.3 is 9.64 Å². The molecule has 0 spiro atoms. The number of alkyl carbamates (subject to hydrolysis) is 1. The molecule has 5 nitrogen and oxygen atoms in total. The highest BCUT2D eigenvalue weighted by molar-refractivity contribution is 5.97. The maximum absolute atomic E-state index is 12.6. The molecule has 0 aliphatic carbocycles. The van der Waals surface area contributed by atoms with Crippen LogP contribution in [0.3, 0.4) is 0 Å². The van der Waals surface area contributed by atoms with Crippen molar-refractivity contribution < 1.29 is 14.3 Å². The van der Waals surface area contributed by atoms with Gasteiger partial charge in [-0.25, -0.2) is 4.79 Å². The van der Waals surface area contributed by atoms with Crippen molar-refractivity contribution in [3.8, 4) is 0 Å². The van der Waals surface area contributed by atoms with Crippen LogP contribution < -0.4 is 5.32 Å². The van der Waals surface area contributed by atoms with E-state index < -0.39 is 6.09 Å². The van der Waals surface area contributed by atoms with Crippen LogP contribution in [0.2, 0.25) is 0 Å². The molecular weight excluding hydrogens is 244 g/mol. The second-order valence-electron chi connectivity index (χ2n) is 5.44. The molecule has 1 unspecified atom stereocenters. The fourth-order valence-electron chi connectivity index (χ4n) is 2.43. The fraction of sp³-hybridized carbons (Fsp3) is 0.714. The Morgan fingerprint density at radius 3 is 2.42 bits per heavy atom. The summed E-state index contributed by atoms with van der Waals surface area (Å²) >= 11 is 0. The van der Waals surface area contributed by atoms with Crippen molar-refractivity contribution in [1.29, 1.82) is 0 Å². The van der Waals surface area contributed by atoms with E-state index in [0.717, 1.165) is 25.0 Å². The van der Waals surface area contributed by atoms with Gasteiger partial charge in [0.1, 0.15) is 5.70 Å². The van der Waals surface area contributed by atoms with Crippen LogP contribution >= 0.6 is 0 Å². The highest BCUT2D eigenvalue weighted by atomic mass is 16.5. The number of nitrogens with zero attached hydrogens (tertiary/aromatic N) is 1. The zero-order valence-electron chi connectivity index (χ0n) is 12.4. The minimum atomic E-state index is -0.607. The van der Waals surface area contributed by atoms with Crippen molar-refractivity contribution in [3.63, 3.8) is 0 Å². The van der Waals surface area contributed by atoms with Crippen molar-refractivity contribution in [2.75, 3.05) is 13.7 Å². The lowest BCUT2D eigenvalue weighted by Gasteiger charge is -2.29. The Balaban J connectivity index is 2.89. The molecule has 0 radical (unpaired) electrons. The van der Waals surface area contributed by atoms with Crippen LogP contribution in [0.5, 0.6) is 0 Å². The summed E-state index contributed by atoms with van der Waals surface area (Å²) in [5, 5.41) is 2.53. The summed E-state index contributed by atoms with van der Waals surface area (Å²) in [5.41, 5.74) is 1.12. The third kappa shape index (κ3) is 3.72. The molecule has 1 aliphatic heterocycles. The largest absolute Gasteiger partial charge is 0.453 e. The number of methoxy groups -OCH3 is 1. The molecule has 19 heavy (non-hydrogen) atoms. The molecule has 1 saturated heterocycles. The van der Waals surface area contributed by atoms with E-state index in [0.29, 0.717) is 11.6 Å². The Hall–Kier alpha value is -1.52. The lowest BCUT2D eigenvalue weighted by Crippen LogP contribution is -2.43. The number of ether oxygens (including phenoxy) is 1. The number of nitrogens with one attached hydrogen (secondary N) is 1. The molecule has 1 atom stereocenters. The normalized spacial score (nSPS) is 18.4. The number of hydrogen-bond donors (Lipinski definition) is 1. The Kier molecular flexibility index (Phi) is 5.39. The van der Waals surface area contributed by atoms with E-state index in [2.05, 4.69) is 23.9 Å². The van der Waals surface area contributed by atoms with Gasteiger partial charge in [-0.2, -0.15) is 0 Å². The third-order valence-corrected chi connectivity index (χ3v) is 3.46. The summed E-state index contributed by atoms with van der Waals surface area (Å²) in [7, 11) is 1.29. The summed E-state index contributed by atoms with van der Waals surface area (Å²) < 4.78 is 4.56. The predicted octanol–water partition coefficient (Wildman–Crippen LogP) is 2.28. The van der Waals surface area contributed by atoms with Gasteiger partial charge in [-0.3, -0.25) is 10.1 Å². The quantitative estimate of drug-likeness (QED) is 0.799. The Morgan fingerprint density at radius 1 is 1.32 bits per heavy atom. The van der Waals surface area contributed by atoms with Crippen LogP contribution in [-0.2, 0) is 9.53 Å². The van der Waals surface area contributed by atoms with Crippen LogP contribution in [0.25, 0.3) is 0 Å². The molecular formula is C14H24N2O3. The van der Waals surface area contributed by atoms with Crippen molar-refractivity contribution in [2.45, 2.75) is 46.6 Å². The van der Waals surface area contributed by atoms with E-state index in [-0.39, 0.29) is 11.9 Å². The maximum atomic E-state index is 12.6. The van der Waals surface area contributed by atoms with E-state index in [1.807, 2.05) is 18.7 Å². The average molecular weight is 268 g/mol. The highest BCUT2D eigenvalue weighted by Gasteiger charge is 2.33. The summed E-state index contributed by atoms with van der Waals surface area (Å²) in [6.07, 6.45) is 1.44. The van der Waals surface area contributed by atoms with Gasteiger partial charge in [0, 0.05) is 12.6 Å². The number of hydrogen-bond acceptors (Lipinski definition) is 3. The van der Waals surface area contributed by atoms with Gasteiger partial charge in [0.15, 0.2) is 0 Å². The van der Waals surface area contributed by atoms with Crippen LogP contribution in [-0.4, -0.2) is 36.6 Å². The number of rotatable bonds is 3. The van der Waals surface area contributed by atoms with Crippen LogP contribution in [0, 0.1) is 5.92 Å². The molecule has 0 aromatic carbocycles. The zero-order chi connectivity index (χ0) is 14.6. The molecule has 1 fully saturated rings. The topological polar surface area (TPSA) is 58.6 Å². The molecule has 0 saturated carbocycles.